The second kappa shape index (κ2) is 9.95. The number of hydrogen-bond acceptors (Lipinski definition) is 4. The summed E-state index contributed by atoms with van der Waals surface area (Å²) in [7, 11) is 0. The zero-order valence-electron chi connectivity index (χ0n) is 18.4. The molecule has 172 valence electrons. The predicted molar refractivity (Wildman–Crippen MR) is 114 cm³/mol. The molecule has 0 fully saturated rings. The lowest BCUT2D eigenvalue weighted by Gasteiger charge is -2.41. The fraction of sp³-hybridized carbons (Fsp3) is 0.348. The summed E-state index contributed by atoms with van der Waals surface area (Å²) in [4.78, 5) is 40.7. The van der Waals surface area contributed by atoms with Gasteiger partial charge < -0.3 is 10.6 Å². The molecule has 3 amide bonds. The van der Waals surface area contributed by atoms with E-state index in [9.17, 15) is 27.6 Å². The first kappa shape index (κ1) is 25.1. The molecule has 0 aliphatic rings. The lowest BCUT2D eigenvalue weighted by atomic mass is 10.00. The van der Waals surface area contributed by atoms with Gasteiger partial charge in [0.25, 0.3) is 5.91 Å². The summed E-state index contributed by atoms with van der Waals surface area (Å²) >= 11 is 0. The van der Waals surface area contributed by atoms with E-state index in [0.29, 0.717) is 11.0 Å². The molecule has 0 heterocycles. The van der Waals surface area contributed by atoms with E-state index in [0.717, 1.165) is 18.2 Å². The van der Waals surface area contributed by atoms with Crippen LogP contribution in [0, 0.1) is 17.5 Å². The molecule has 0 spiro atoms. The average molecular weight is 449 g/mol. The molecule has 1 atom stereocenters. The van der Waals surface area contributed by atoms with Crippen LogP contribution in [0.5, 0.6) is 0 Å². The van der Waals surface area contributed by atoms with Gasteiger partial charge in [0.15, 0.2) is 0 Å². The summed E-state index contributed by atoms with van der Waals surface area (Å²) in [6.07, 6.45) is -0.381. The van der Waals surface area contributed by atoms with Gasteiger partial charge in [-0.2, -0.15) is 0 Å². The number of imide groups is 1. The summed E-state index contributed by atoms with van der Waals surface area (Å²) in [5.74, 6) is -4.78. The van der Waals surface area contributed by atoms with Crippen molar-refractivity contribution in [3.05, 3.63) is 65.5 Å². The monoisotopic (exact) mass is 449 g/mol. The summed E-state index contributed by atoms with van der Waals surface area (Å²) in [6.45, 7) is 5.84. The highest BCUT2D eigenvalue weighted by Crippen LogP contribution is 2.25. The van der Waals surface area contributed by atoms with Crippen LogP contribution in [0.1, 0.15) is 33.3 Å². The topological polar surface area (TPSA) is 83.7 Å². The maximum atomic E-state index is 14.4. The quantitative estimate of drug-likeness (QED) is 0.734. The number of hydrogen-bond donors (Lipinski definition) is 1. The van der Waals surface area contributed by atoms with Crippen molar-refractivity contribution in [1.82, 2.24) is 4.90 Å². The SMILES string of the molecule is C[C@@H](C(=O)N(C(=O)CN)c1ccccc1F)N(C(=O)Cc1cc(F)cc(F)c1)C(C)(C)C. The van der Waals surface area contributed by atoms with E-state index < -0.39 is 53.3 Å². The van der Waals surface area contributed by atoms with Crippen LogP contribution >= 0.6 is 0 Å². The van der Waals surface area contributed by atoms with Crippen molar-refractivity contribution in [2.45, 2.75) is 45.7 Å². The second-order valence-electron chi connectivity index (χ2n) is 8.29. The first-order chi connectivity index (χ1) is 14.9. The lowest BCUT2D eigenvalue weighted by Crippen LogP contribution is -2.58. The van der Waals surface area contributed by atoms with Gasteiger partial charge in [0.05, 0.1) is 18.7 Å². The molecule has 0 aromatic heterocycles. The maximum absolute atomic E-state index is 14.4. The third kappa shape index (κ3) is 5.73. The molecule has 0 saturated carbocycles. The number of benzene rings is 2. The molecule has 2 aromatic rings. The van der Waals surface area contributed by atoms with E-state index in [2.05, 4.69) is 0 Å². The van der Waals surface area contributed by atoms with Gasteiger partial charge in [0.2, 0.25) is 11.8 Å². The van der Waals surface area contributed by atoms with Gasteiger partial charge in [-0.1, -0.05) is 12.1 Å². The summed E-state index contributed by atoms with van der Waals surface area (Å²) in [6, 6.07) is 6.74. The molecule has 9 heteroatoms. The van der Waals surface area contributed by atoms with E-state index in [1.54, 1.807) is 20.8 Å². The number of halogens is 3. The first-order valence-electron chi connectivity index (χ1n) is 9.95. The molecule has 0 aliphatic carbocycles. The number of rotatable bonds is 6. The van der Waals surface area contributed by atoms with E-state index in [4.69, 9.17) is 5.73 Å². The third-order valence-corrected chi connectivity index (χ3v) is 4.75. The van der Waals surface area contributed by atoms with Crippen LogP contribution in [-0.2, 0) is 20.8 Å². The Kier molecular flexibility index (Phi) is 7.79. The minimum Gasteiger partial charge on any atom is -0.326 e. The lowest BCUT2D eigenvalue weighted by molar-refractivity contribution is -0.145. The molecular formula is C23H26F3N3O3. The smallest absolute Gasteiger partial charge is 0.256 e. The molecule has 0 bridgehead atoms. The molecule has 0 unspecified atom stereocenters. The Balaban J connectivity index is 2.43. The molecule has 0 aliphatic heterocycles. The molecule has 2 N–H and O–H groups in total. The van der Waals surface area contributed by atoms with Gasteiger partial charge >= 0.3 is 0 Å². The van der Waals surface area contributed by atoms with Crippen molar-refractivity contribution in [2.75, 3.05) is 11.4 Å². The van der Waals surface area contributed by atoms with E-state index >= 15 is 0 Å². The van der Waals surface area contributed by atoms with E-state index in [1.165, 1.54) is 30.0 Å². The number of nitrogens with two attached hydrogens (primary N) is 1. The number of anilines is 1. The minimum atomic E-state index is -1.21. The number of carbonyl (C=O) groups is 3. The van der Waals surface area contributed by atoms with Crippen LogP contribution in [0.15, 0.2) is 42.5 Å². The van der Waals surface area contributed by atoms with Crippen LogP contribution in [0.4, 0.5) is 18.9 Å². The summed E-state index contributed by atoms with van der Waals surface area (Å²) in [5.41, 5.74) is 4.33. The Hall–Kier alpha value is -3.20. The molecule has 2 rings (SSSR count). The predicted octanol–water partition coefficient (Wildman–Crippen LogP) is 3.18. The van der Waals surface area contributed by atoms with Gasteiger partial charge in [0.1, 0.15) is 23.5 Å². The Morgan fingerprint density at radius 2 is 1.53 bits per heavy atom. The fourth-order valence-electron chi connectivity index (χ4n) is 3.54. The normalized spacial score (nSPS) is 12.2. The van der Waals surface area contributed by atoms with Crippen LogP contribution in [0.3, 0.4) is 0 Å². The molecule has 0 saturated heterocycles. The zero-order valence-corrected chi connectivity index (χ0v) is 18.4. The maximum Gasteiger partial charge on any atom is 0.256 e. The van der Waals surface area contributed by atoms with Crippen LogP contribution in [0.25, 0.3) is 0 Å². The van der Waals surface area contributed by atoms with Crippen molar-refractivity contribution in [1.29, 1.82) is 0 Å². The Labute approximate surface area is 184 Å². The van der Waals surface area contributed by atoms with Gasteiger partial charge in [0, 0.05) is 11.6 Å². The van der Waals surface area contributed by atoms with E-state index in [1.807, 2.05) is 0 Å². The number of nitrogens with zero attached hydrogens (tertiary/aromatic N) is 2. The molecule has 0 radical (unpaired) electrons. The van der Waals surface area contributed by atoms with Gasteiger partial charge in [-0.15, -0.1) is 0 Å². The zero-order chi connectivity index (χ0) is 24.2. The van der Waals surface area contributed by atoms with Crippen molar-refractivity contribution in [3.63, 3.8) is 0 Å². The largest absolute Gasteiger partial charge is 0.326 e. The van der Waals surface area contributed by atoms with Crippen LogP contribution in [-0.4, -0.2) is 40.7 Å². The van der Waals surface area contributed by atoms with Crippen LogP contribution < -0.4 is 10.6 Å². The third-order valence-electron chi connectivity index (χ3n) is 4.75. The standard InChI is InChI=1S/C23H26F3N3O3/c1-14(22(32)28(21(31)13-27)19-8-6-5-7-18(19)26)29(23(2,3)4)20(30)11-15-9-16(24)12-17(25)10-15/h5-10,12,14H,11,13,27H2,1-4H3/t14-/m0/s1. The van der Waals surface area contributed by atoms with Crippen molar-refractivity contribution in [3.8, 4) is 0 Å². The molecule has 32 heavy (non-hydrogen) atoms. The molecule has 6 nitrogen and oxygen atoms in total. The van der Waals surface area contributed by atoms with Crippen molar-refractivity contribution in [2.24, 2.45) is 5.73 Å². The fourth-order valence-corrected chi connectivity index (χ4v) is 3.54. The highest BCUT2D eigenvalue weighted by Gasteiger charge is 2.38. The number of amides is 3. The summed E-state index contributed by atoms with van der Waals surface area (Å²) in [5, 5.41) is 0. The van der Waals surface area contributed by atoms with Crippen molar-refractivity contribution >= 4 is 23.4 Å². The average Bonchev–Trinajstić information content (AvgIpc) is 2.67. The molecular weight excluding hydrogens is 423 g/mol. The molecule has 2 aromatic carbocycles. The van der Waals surface area contributed by atoms with E-state index in [-0.39, 0.29) is 17.7 Å². The Morgan fingerprint density at radius 3 is 2.03 bits per heavy atom. The second-order valence-corrected chi connectivity index (χ2v) is 8.29. The Bertz CT molecular complexity index is 1000. The number of carbonyl (C=O) groups excluding carboxylic acids is 3. The number of para-hydroxylation sites is 1. The highest BCUT2D eigenvalue weighted by molar-refractivity contribution is 6.17. The summed E-state index contributed by atoms with van der Waals surface area (Å²) < 4.78 is 41.5. The highest BCUT2D eigenvalue weighted by atomic mass is 19.1. The van der Waals surface area contributed by atoms with Crippen LogP contribution in [0.2, 0.25) is 0 Å². The van der Waals surface area contributed by atoms with Gasteiger partial charge in [-0.3, -0.25) is 14.4 Å². The Morgan fingerprint density at radius 1 is 0.969 bits per heavy atom. The minimum absolute atomic E-state index is 0.0883. The first-order valence-corrected chi connectivity index (χ1v) is 9.95. The van der Waals surface area contributed by atoms with Gasteiger partial charge in [-0.25, -0.2) is 18.1 Å². The van der Waals surface area contributed by atoms with Crippen molar-refractivity contribution < 1.29 is 27.6 Å². The van der Waals surface area contributed by atoms with Gasteiger partial charge in [-0.05, 0) is 57.5 Å².